The largest absolute Gasteiger partial charge is 0.492 e. The molecule has 3 rings (SSSR count). The number of ether oxygens (including phenoxy) is 3. The lowest BCUT2D eigenvalue weighted by molar-refractivity contribution is -0.111. The maximum absolute atomic E-state index is 13.7. The molecule has 0 unspecified atom stereocenters. The van der Waals surface area contributed by atoms with Crippen molar-refractivity contribution >= 4 is 22.7 Å². The Morgan fingerprint density at radius 3 is 2.00 bits per heavy atom. The van der Waals surface area contributed by atoms with E-state index < -0.39 is 0 Å². The molecule has 0 aliphatic rings. The predicted octanol–water partition coefficient (Wildman–Crippen LogP) is 5.88. The Balaban J connectivity index is 1.90. The lowest BCUT2D eigenvalue weighted by Crippen LogP contribution is -2.19. The zero-order valence-corrected chi connectivity index (χ0v) is 21.8. The number of amides is 1. The van der Waals surface area contributed by atoms with E-state index in [0.717, 1.165) is 29.0 Å². The Hall–Kier alpha value is -3.61. The molecule has 0 aromatic heterocycles. The van der Waals surface area contributed by atoms with E-state index in [1.807, 2.05) is 62.6 Å². The van der Waals surface area contributed by atoms with Crippen molar-refractivity contribution in [3.63, 3.8) is 0 Å². The van der Waals surface area contributed by atoms with Crippen molar-refractivity contribution < 1.29 is 19.0 Å². The van der Waals surface area contributed by atoms with Crippen molar-refractivity contribution in [3.8, 4) is 11.5 Å². The number of rotatable bonds is 12. The minimum Gasteiger partial charge on any atom is -0.492 e. The summed E-state index contributed by atoms with van der Waals surface area (Å²) in [6, 6.07) is 23.3. The first-order valence-electron chi connectivity index (χ1n) is 12.1. The molecular formula is C30H36N2O4. The van der Waals surface area contributed by atoms with Gasteiger partial charge in [-0.3, -0.25) is 4.79 Å². The molecule has 0 bridgehead atoms. The molecule has 190 valence electrons. The average Bonchev–Trinajstić information content (AvgIpc) is 2.88. The van der Waals surface area contributed by atoms with Crippen LogP contribution in [0.3, 0.4) is 0 Å². The molecule has 3 aromatic rings. The van der Waals surface area contributed by atoms with E-state index in [1.54, 1.807) is 7.11 Å². The number of nitrogens with zero attached hydrogens (tertiary/aromatic N) is 1. The van der Waals surface area contributed by atoms with Gasteiger partial charge in [-0.05, 0) is 80.5 Å². The van der Waals surface area contributed by atoms with Gasteiger partial charge < -0.3 is 24.4 Å². The Kier molecular flexibility index (Phi) is 10.1. The molecule has 0 saturated carbocycles. The van der Waals surface area contributed by atoms with Crippen LogP contribution in [-0.2, 0) is 9.53 Å². The summed E-state index contributed by atoms with van der Waals surface area (Å²) in [5, 5.41) is 3.08. The van der Waals surface area contributed by atoms with Gasteiger partial charge in [0.2, 0.25) is 0 Å². The summed E-state index contributed by atoms with van der Waals surface area (Å²) in [6.07, 6.45) is 0.701. The third-order valence-electron chi connectivity index (χ3n) is 5.69. The molecule has 0 aliphatic carbocycles. The van der Waals surface area contributed by atoms with Crippen LogP contribution < -0.4 is 14.8 Å². The number of methoxy groups -OCH3 is 1. The van der Waals surface area contributed by atoms with Crippen molar-refractivity contribution in [2.45, 2.75) is 20.3 Å². The second-order valence-electron chi connectivity index (χ2n) is 8.78. The number of hydrogen-bond donors (Lipinski definition) is 1. The van der Waals surface area contributed by atoms with Gasteiger partial charge in [-0.25, -0.2) is 0 Å². The smallest absolute Gasteiger partial charge is 0.256 e. The first-order chi connectivity index (χ1) is 17.4. The van der Waals surface area contributed by atoms with Gasteiger partial charge in [0, 0.05) is 19.3 Å². The molecule has 1 N–H and O–H groups in total. The van der Waals surface area contributed by atoms with Crippen LogP contribution in [0, 0.1) is 6.92 Å². The number of hydrogen-bond acceptors (Lipinski definition) is 5. The quantitative estimate of drug-likeness (QED) is 0.196. The summed E-state index contributed by atoms with van der Waals surface area (Å²) in [6.45, 7) is 5.73. The second kappa shape index (κ2) is 13.5. The highest BCUT2D eigenvalue weighted by Crippen LogP contribution is 2.31. The van der Waals surface area contributed by atoms with Gasteiger partial charge in [-0.1, -0.05) is 48.9 Å². The summed E-state index contributed by atoms with van der Waals surface area (Å²) in [5.74, 6) is 1.28. The number of nitrogens with one attached hydrogen (secondary N) is 1. The zero-order chi connectivity index (χ0) is 25.9. The van der Waals surface area contributed by atoms with Crippen molar-refractivity contribution in [3.05, 3.63) is 89.5 Å². The third-order valence-corrected chi connectivity index (χ3v) is 5.69. The SMILES string of the molecule is CCC(=C(C(=O)Nc1ccc(OCCN(C)C)cc1)c1ccc(OCOC)cc1)c1ccc(C)cc1. The van der Waals surface area contributed by atoms with Crippen LogP contribution in [0.4, 0.5) is 5.69 Å². The van der Waals surface area contributed by atoms with Crippen LogP contribution in [0.25, 0.3) is 11.1 Å². The molecule has 36 heavy (non-hydrogen) atoms. The van der Waals surface area contributed by atoms with Crippen molar-refractivity contribution in [1.29, 1.82) is 0 Å². The van der Waals surface area contributed by atoms with Crippen LogP contribution in [0.5, 0.6) is 11.5 Å². The van der Waals surface area contributed by atoms with Gasteiger partial charge in [0.1, 0.15) is 18.1 Å². The lowest BCUT2D eigenvalue weighted by atomic mass is 9.91. The number of allylic oxidation sites excluding steroid dienone is 1. The maximum Gasteiger partial charge on any atom is 0.256 e. The molecule has 0 atom stereocenters. The average molecular weight is 489 g/mol. The summed E-state index contributed by atoms with van der Waals surface area (Å²) in [7, 11) is 5.60. The van der Waals surface area contributed by atoms with Gasteiger partial charge >= 0.3 is 0 Å². The van der Waals surface area contributed by atoms with Gasteiger partial charge in [0.05, 0.1) is 5.57 Å². The van der Waals surface area contributed by atoms with Gasteiger partial charge in [0.25, 0.3) is 5.91 Å². The molecule has 0 radical (unpaired) electrons. The van der Waals surface area contributed by atoms with E-state index in [2.05, 4.69) is 48.3 Å². The Labute approximate surface area is 214 Å². The number of carbonyl (C=O) groups excluding carboxylic acids is 1. The molecule has 0 aliphatic heterocycles. The Morgan fingerprint density at radius 2 is 1.42 bits per heavy atom. The maximum atomic E-state index is 13.7. The van der Waals surface area contributed by atoms with E-state index in [0.29, 0.717) is 30.0 Å². The van der Waals surface area contributed by atoms with E-state index in [1.165, 1.54) is 5.56 Å². The van der Waals surface area contributed by atoms with Crippen LogP contribution >= 0.6 is 0 Å². The number of anilines is 1. The van der Waals surface area contributed by atoms with Crippen molar-refractivity contribution in [2.24, 2.45) is 0 Å². The summed E-state index contributed by atoms with van der Waals surface area (Å²) in [5.41, 5.74) is 5.33. The molecule has 0 spiro atoms. The fourth-order valence-electron chi connectivity index (χ4n) is 3.74. The number of carbonyl (C=O) groups is 1. The molecule has 0 saturated heterocycles. The van der Waals surface area contributed by atoms with Gasteiger partial charge in [-0.2, -0.15) is 0 Å². The first-order valence-corrected chi connectivity index (χ1v) is 12.1. The summed E-state index contributed by atoms with van der Waals surface area (Å²) >= 11 is 0. The minimum absolute atomic E-state index is 0.167. The molecule has 0 heterocycles. The predicted molar refractivity (Wildman–Crippen MR) is 146 cm³/mol. The highest BCUT2D eigenvalue weighted by atomic mass is 16.7. The monoisotopic (exact) mass is 488 g/mol. The molecule has 3 aromatic carbocycles. The molecule has 1 amide bonds. The fraction of sp³-hybridized carbons (Fsp3) is 0.300. The van der Waals surface area contributed by atoms with Crippen molar-refractivity contribution in [2.75, 3.05) is 46.5 Å². The molecule has 6 heteroatoms. The topological polar surface area (TPSA) is 60.0 Å². The zero-order valence-electron chi connectivity index (χ0n) is 21.8. The number of aryl methyl sites for hydroxylation is 1. The fourth-order valence-corrected chi connectivity index (χ4v) is 3.74. The number of benzene rings is 3. The van der Waals surface area contributed by atoms with Crippen LogP contribution in [0.15, 0.2) is 72.8 Å². The molecule has 0 fully saturated rings. The highest BCUT2D eigenvalue weighted by molar-refractivity contribution is 6.31. The summed E-state index contributed by atoms with van der Waals surface area (Å²) < 4.78 is 16.3. The van der Waals surface area contributed by atoms with Crippen LogP contribution in [0.1, 0.15) is 30.0 Å². The number of likely N-dealkylation sites (N-methyl/N-ethyl adjacent to an activating group) is 1. The standard InChI is InChI=1S/C30H36N2O4/c1-6-28(23-9-7-22(2)8-10-23)29(24-11-15-27(16-12-24)36-21-34-5)30(33)31-25-13-17-26(18-14-25)35-20-19-32(3)4/h7-18H,6,19-21H2,1-5H3,(H,31,33). The molecular weight excluding hydrogens is 452 g/mol. The van der Waals surface area contributed by atoms with Crippen LogP contribution in [-0.4, -0.2) is 52.0 Å². The Morgan fingerprint density at radius 1 is 0.833 bits per heavy atom. The van der Waals surface area contributed by atoms with E-state index in [-0.39, 0.29) is 12.7 Å². The summed E-state index contributed by atoms with van der Waals surface area (Å²) in [4.78, 5) is 15.8. The lowest BCUT2D eigenvalue weighted by Gasteiger charge is -2.17. The molecule has 6 nitrogen and oxygen atoms in total. The van der Waals surface area contributed by atoms with Gasteiger partial charge in [0.15, 0.2) is 6.79 Å². The third kappa shape index (κ3) is 7.70. The van der Waals surface area contributed by atoms with E-state index >= 15 is 0 Å². The van der Waals surface area contributed by atoms with Gasteiger partial charge in [-0.15, -0.1) is 0 Å². The van der Waals surface area contributed by atoms with Crippen molar-refractivity contribution in [1.82, 2.24) is 4.90 Å². The Bertz CT molecular complexity index is 1140. The van der Waals surface area contributed by atoms with E-state index in [9.17, 15) is 4.79 Å². The second-order valence-corrected chi connectivity index (χ2v) is 8.78. The minimum atomic E-state index is -0.167. The van der Waals surface area contributed by atoms with Crippen LogP contribution in [0.2, 0.25) is 0 Å². The first kappa shape index (κ1) is 27.0. The van der Waals surface area contributed by atoms with E-state index in [4.69, 9.17) is 14.2 Å². The highest BCUT2D eigenvalue weighted by Gasteiger charge is 2.19. The normalized spacial score (nSPS) is 11.7.